The molecular formula is C42H66O9. The highest BCUT2D eigenvalue weighted by atomic mass is 16.7. The van der Waals surface area contributed by atoms with Crippen LogP contribution in [0, 0.1) is 6.92 Å². The molecule has 0 aromatic heterocycles. The van der Waals surface area contributed by atoms with E-state index in [-0.39, 0.29) is 19.0 Å². The Hall–Kier alpha value is -2.08. The Labute approximate surface area is 307 Å². The van der Waals surface area contributed by atoms with Crippen LogP contribution < -0.4 is 4.74 Å². The van der Waals surface area contributed by atoms with Crippen molar-refractivity contribution in [1.82, 2.24) is 0 Å². The van der Waals surface area contributed by atoms with Gasteiger partial charge in [-0.05, 0) is 86.4 Å². The molecule has 0 N–H and O–H groups in total. The summed E-state index contributed by atoms with van der Waals surface area (Å²) >= 11 is 0. The van der Waals surface area contributed by atoms with Crippen LogP contribution in [0.15, 0.2) is 36.4 Å². The molecule has 0 bridgehead atoms. The smallest absolute Gasteiger partial charge is 0.225 e. The van der Waals surface area contributed by atoms with E-state index in [1.54, 1.807) is 7.11 Å². The van der Waals surface area contributed by atoms with Crippen LogP contribution in [0.3, 0.4) is 0 Å². The molecule has 2 heterocycles. The van der Waals surface area contributed by atoms with Crippen LogP contribution in [0.25, 0.3) is 0 Å². The molecule has 2 aliphatic heterocycles. The van der Waals surface area contributed by atoms with Crippen molar-refractivity contribution < 1.29 is 42.6 Å². The Morgan fingerprint density at radius 2 is 1.43 bits per heavy atom. The molecule has 288 valence electrons. The van der Waals surface area contributed by atoms with E-state index in [9.17, 15) is 0 Å². The standard InChI is InChI=1S/C42H66O9/c1-8-12-20-45-32(6)38-39(47-21-13-9-2)40(48-22-14-10-3)41(49-23-15-11-4)42(51-38)37-28-34(31(5)26-35(37)29-50-42)27-33-16-18-36(19-17-33)46-25-24-44-30-43-7/h16-19,26,28,32,38-41H,8-15,20-25,27,29-30H2,1-7H3/t32-,38-,39-,40+,41-,42+/m1/s1. The maximum absolute atomic E-state index is 7.29. The van der Waals surface area contributed by atoms with Crippen LogP contribution in [-0.4, -0.2) is 84.1 Å². The van der Waals surface area contributed by atoms with E-state index in [0.29, 0.717) is 46.2 Å². The lowest BCUT2D eigenvalue weighted by molar-refractivity contribution is -0.389. The monoisotopic (exact) mass is 714 g/mol. The number of hydrogen-bond donors (Lipinski definition) is 0. The van der Waals surface area contributed by atoms with E-state index in [4.69, 9.17) is 42.6 Å². The van der Waals surface area contributed by atoms with Gasteiger partial charge >= 0.3 is 0 Å². The van der Waals surface area contributed by atoms with E-state index in [0.717, 1.165) is 74.7 Å². The van der Waals surface area contributed by atoms with Crippen LogP contribution in [0.1, 0.15) is 114 Å². The van der Waals surface area contributed by atoms with Crippen molar-refractivity contribution in [2.75, 3.05) is 53.5 Å². The zero-order valence-corrected chi connectivity index (χ0v) is 32.5. The molecule has 0 saturated carbocycles. The van der Waals surface area contributed by atoms with Crippen molar-refractivity contribution in [1.29, 1.82) is 0 Å². The first-order valence-corrected chi connectivity index (χ1v) is 19.6. The minimum atomic E-state index is -1.16. The molecular weight excluding hydrogens is 648 g/mol. The van der Waals surface area contributed by atoms with Gasteiger partial charge < -0.3 is 42.6 Å². The van der Waals surface area contributed by atoms with Gasteiger partial charge in [-0.2, -0.15) is 0 Å². The van der Waals surface area contributed by atoms with Gasteiger partial charge in [0, 0.05) is 39.1 Å². The molecule has 0 aliphatic carbocycles. The Morgan fingerprint density at radius 3 is 2.10 bits per heavy atom. The number of ether oxygens (including phenoxy) is 9. The van der Waals surface area contributed by atoms with Crippen molar-refractivity contribution in [2.45, 2.75) is 142 Å². The molecule has 2 aromatic rings. The average molecular weight is 715 g/mol. The molecule has 2 aromatic carbocycles. The highest BCUT2D eigenvalue weighted by Gasteiger charge is 2.62. The van der Waals surface area contributed by atoms with Crippen molar-refractivity contribution in [3.63, 3.8) is 0 Å². The molecule has 51 heavy (non-hydrogen) atoms. The number of aryl methyl sites for hydroxylation is 1. The van der Waals surface area contributed by atoms with Crippen molar-refractivity contribution in [3.8, 4) is 5.75 Å². The highest BCUT2D eigenvalue weighted by Crippen LogP contribution is 2.50. The first-order chi connectivity index (χ1) is 24.9. The first-order valence-electron chi connectivity index (χ1n) is 19.6. The minimum Gasteiger partial charge on any atom is -0.491 e. The molecule has 4 rings (SSSR count). The molecule has 6 atom stereocenters. The number of fused-ring (bicyclic) bond motifs is 2. The summed E-state index contributed by atoms with van der Waals surface area (Å²) < 4.78 is 57.1. The van der Waals surface area contributed by atoms with E-state index in [1.165, 1.54) is 16.7 Å². The second-order valence-corrected chi connectivity index (χ2v) is 13.9. The van der Waals surface area contributed by atoms with Gasteiger partial charge in [-0.3, -0.25) is 0 Å². The Morgan fingerprint density at radius 1 is 0.784 bits per heavy atom. The van der Waals surface area contributed by atoms with Crippen molar-refractivity contribution in [3.05, 3.63) is 64.2 Å². The second kappa shape index (κ2) is 22.2. The van der Waals surface area contributed by atoms with E-state index >= 15 is 0 Å². The van der Waals surface area contributed by atoms with Crippen LogP contribution in [0.2, 0.25) is 0 Å². The molecule has 1 fully saturated rings. The number of rotatable bonds is 25. The zero-order valence-electron chi connectivity index (χ0n) is 32.5. The Bertz CT molecular complexity index is 1250. The molecule has 9 nitrogen and oxygen atoms in total. The zero-order chi connectivity index (χ0) is 36.5. The lowest BCUT2D eigenvalue weighted by Crippen LogP contribution is -2.67. The predicted molar refractivity (Wildman–Crippen MR) is 199 cm³/mol. The van der Waals surface area contributed by atoms with Gasteiger partial charge in [0.25, 0.3) is 0 Å². The third-order valence-corrected chi connectivity index (χ3v) is 9.78. The molecule has 2 aliphatic rings. The lowest BCUT2D eigenvalue weighted by atomic mass is 9.83. The maximum Gasteiger partial charge on any atom is 0.225 e. The summed E-state index contributed by atoms with van der Waals surface area (Å²) in [4.78, 5) is 0. The number of benzene rings is 2. The van der Waals surface area contributed by atoms with Gasteiger partial charge in [-0.25, -0.2) is 0 Å². The van der Waals surface area contributed by atoms with Crippen molar-refractivity contribution in [2.24, 2.45) is 0 Å². The molecule has 9 heteroatoms. The van der Waals surface area contributed by atoms with Crippen LogP contribution in [0.5, 0.6) is 5.75 Å². The van der Waals surface area contributed by atoms with Gasteiger partial charge in [0.15, 0.2) is 0 Å². The second-order valence-electron chi connectivity index (χ2n) is 13.9. The SMILES string of the molecule is CCCCO[C@H]1[C@H](OCCCC)[C@@H](OCCCC)[C@@]2(OCc3cc(C)c(Cc4ccc(OCCOCOC)cc4)cc32)O[C@@H]1[C@@H](C)OCCCC. The van der Waals surface area contributed by atoms with E-state index in [1.807, 2.05) is 12.1 Å². The number of hydrogen-bond acceptors (Lipinski definition) is 9. The summed E-state index contributed by atoms with van der Waals surface area (Å²) in [6.07, 6.45) is 6.81. The third kappa shape index (κ3) is 11.5. The normalized spacial score (nSPS) is 23.5. The van der Waals surface area contributed by atoms with Gasteiger partial charge in [0.05, 0.1) is 19.3 Å². The quantitative estimate of drug-likeness (QED) is 0.0744. The largest absolute Gasteiger partial charge is 0.491 e. The highest BCUT2D eigenvalue weighted by molar-refractivity contribution is 5.45. The fourth-order valence-corrected chi connectivity index (χ4v) is 6.77. The molecule has 0 unspecified atom stereocenters. The fourth-order valence-electron chi connectivity index (χ4n) is 6.77. The fraction of sp³-hybridized carbons (Fsp3) is 0.714. The van der Waals surface area contributed by atoms with Gasteiger partial charge in [-0.1, -0.05) is 71.6 Å². The molecule has 0 radical (unpaired) electrons. The first kappa shape index (κ1) is 41.7. The van der Waals surface area contributed by atoms with Crippen LogP contribution >= 0.6 is 0 Å². The van der Waals surface area contributed by atoms with Gasteiger partial charge in [0.2, 0.25) is 5.79 Å². The number of methoxy groups -OCH3 is 1. The summed E-state index contributed by atoms with van der Waals surface area (Å²) in [7, 11) is 1.61. The Balaban J connectivity index is 1.70. The lowest BCUT2D eigenvalue weighted by Gasteiger charge is -2.52. The number of unbranched alkanes of at least 4 members (excludes halogenated alkanes) is 4. The summed E-state index contributed by atoms with van der Waals surface area (Å²) in [5, 5.41) is 0. The topological polar surface area (TPSA) is 83.1 Å². The summed E-state index contributed by atoms with van der Waals surface area (Å²) in [5.41, 5.74) is 5.76. The van der Waals surface area contributed by atoms with Crippen LogP contribution in [-0.2, 0) is 56.7 Å². The van der Waals surface area contributed by atoms with Crippen LogP contribution in [0.4, 0.5) is 0 Å². The van der Waals surface area contributed by atoms with Gasteiger partial charge in [-0.15, -0.1) is 0 Å². The van der Waals surface area contributed by atoms with E-state index in [2.05, 4.69) is 65.8 Å². The maximum atomic E-state index is 7.29. The molecule has 1 spiro atoms. The minimum absolute atomic E-state index is 0.237. The summed E-state index contributed by atoms with van der Waals surface area (Å²) in [6, 6.07) is 12.8. The molecule has 1 saturated heterocycles. The summed E-state index contributed by atoms with van der Waals surface area (Å²) in [5.74, 6) is -0.352. The Kier molecular flexibility index (Phi) is 18.1. The third-order valence-electron chi connectivity index (χ3n) is 9.78. The molecule has 0 amide bonds. The van der Waals surface area contributed by atoms with E-state index < -0.39 is 24.1 Å². The van der Waals surface area contributed by atoms with Gasteiger partial charge in [0.1, 0.15) is 43.6 Å². The predicted octanol–water partition coefficient (Wildman–Crippen LogP) is 8.43. The summed E-state index contributed by atoms with van der Waals surface area (Å²) in [6.45, 7) is 17.1. The van der Waals surface area contributed by atoms with Crippen molar-refractivity contribution >= 4 is 0 Å². The average Bonchev–Trinajstić information content (AvgIpc) is 3.47.